The third kappa shape index (κ3) is 4.61. The molecule has 1 rings (SSSR count). The maximum atomic E-state index is 6.27. The highest BCUT2D eigenvalue weighted by Gasteiger charge is 2.16. The Bertz CT molecular complexity index is 354. The Morgan fingerprint density at radius 1 is 1.41 bits per heavy atom. The summed E-state index contributed by atoms with van der Waals surface area (Å²) < 4.78 is 1.08. The standard InChI is InChI=1S/C14H21BrClN/c1-4-5-10(2)8-14(17-3)12-9-11(15)6-7-13(12)16/h6-7,9-10,14,17H,4-5,8H2,1-3H3. The highest BCUT2D eigenvalue weighted by atomic mass is 79.9. The van der Waals surface area contributed by atoms with Gasteiger partial charge in [0.15, 0.2) is 0 Å². The molecule has 96 valence electrons. The van der Waals surface area contributed by atoms with Crippen LogP contribution in [0.5, 0.6) is 0 Å². The molecule has 0 aromatic heterocycles. The van der Waals surface area contributed by atoms with Crippen molar-refractivity contribution >= 4 is 27.5 Å². The summed E-state index contributed by atoms with van der Waals surface area (Å²) in [6, 6.07) is 6.38. The van der Waals surface area contributed by atoms with E-state index in [-0.39, 0.29) is 0 Å². The summed E-state index contributed by atoms with van der Waals surface area (Å²) >= 11 is 9.77. The summed E-state index contributed by atoms with van der Waals surface area (Å²) in [7, 11) is 2.00. The lowest BCUT2D eigenvalue weighted by molar-refractivity contribution is 0.407. The van der Waals surface area contributed by atoms with Crippen LogP contribution in [0, 0.1) is 5.92 Å². The Balaban J connectivity index is 2.82. The van der Waals surface area contributed by atoms with Crippen LogP contribution in [-0.4, -0.2) is 7.05 Å². The van der Waals surface area contributed by atoms with E-state index in [2.05, 4.69) is 41.2 Å². The molecule has 0 bridgehead atoms. The predicted molar refractivity (Wildman–Crippen MR) is 79.6 cm³/mol. The van der Waals surface area contributed by atoms with Gasteiger partial charge in [0.2, 0.25) is 0 Å². The molecule has 0 aliphatic heterocycles. The van der Waals surface area contributed by atoms with Crippen molar-refractivity contribution in [1.82, 2.24) is 5.32 Å². The third-order valence-corrected chi connectivity index (χ3v) is 3.94. The molecular formula is C14H21BrClN. The van der Waals surface area contributed by atoms with Gasteiger partial charge in [-0.15, -0.1) is 0 Å². The van der Waals surface area contributed by atoms with E-state index < -0.39 is 0 Å². The maximum absolute atomic E-state index is 6.27. The molecule has 0 saturated heterocycles. The molecule has 17 heavy (non-hydrogen) atoms. The van der Waals surface area contributed by atoms with Crippen LogP contribution in [-0.2, 0) is 0 Å². The lowest BCUT2D eigenvalue weighted by Gasteiger charge is -2.22. The van der Waals surface area contributed by atoms with Crippen molar-refractivity contribution in [1.29, 1.82) is 0 Å². The lowest BCUT2D eigenvalue weighted by atomic mass is 9.93. The molecule has 2 unspecified atom stereocenters. The van der Waals surface area contributed by atoms with Gasteiger partial charge in [-0.2, -0.15) is 0 Å². The molecule has 3 heteroatoms. The minimum Gasteiger partial charge on any atom is -0.313 e. The number of hydrogen-bond donors (Lipinski definition) is 1. The van der Waals surface area contributed by atoms with E-state index in [1.165, 1.54) is 18.4 Å². The topological polar surface area (TPSA) is 12.0 Å². The summed E-state index contributed by atoms with van der Waals surface area (Å²) in [5, 5.41) is 4.21. The largest absolute Gasteiger partial charge is 0.313 e. The summed E-state index contributed by atoms with van der Waals surface area (Å²) in [4.78, 5) is 0. The Kier molecular flexibility index (Phi) is 6.53. The van der Waals surface area contributed by atoms with E-state index in [9.17, 15) is 0 Å². The van der Waals surface area contributed by atoms with Gasteiger partial charge in [0.25, 0.3) is 0 Å². The van der Waals surface area contributed by atoms with Crippen LogP contribution in [0.2, 0.25) is 5.02 Å². The molecule has 1 aromatic rings. The first-order valence-electron chi connectivity index (χ1n) is 6.20. The summed E-state index contributed by atoms with van der Waals surface area (Å²) in [5.74, 6) is 0.715. The first-order valence-corrected chi connectivity index (χ1v) is 7.37. The van der Waals surface area contributed by atoms with E-state index in [1.54, 1.807) is 0 Å². The zero-order valence-electron chi connectivity index (χ0n) is 10.8. The summed E-state index contributed by atoms with van der Waals surface area (Å²) in [6.45, 7) is 4.54. The van der Waals surface area contributed by atoms with Crippen LogP contribution in [0.25, 0.3) is 0 Å². The van der Waals surface area contributed by atoms with E-state index in [4.69, 9.17) is 11.6 Å². The zero-order valence-corrected chi connectivity index (χ0v) is 13.1. The normalized spacial score (nSPS) is 14.6. The second kappa shape index (κ2) is 7.40. The number of rotatable bonds is 6. The average Bonchev–Trinajstić information content (AvgIpc) is 2.30. The van der Waals surface area contributed by atoms with Gasteiger partial charge in [0.1, 0.15) is 0 Å². The van der Waals surface area contributed by atoms with Crippen LogP contribution in [0.4, 0.5) is 0 Å². The lowest BCUT2D eigenvalue weighted by Crippen LogP contribution is -2.19. The SMILES string of the molecule is CCCC(C)CC(NC)c1cc(Br)ccc1Cl. The molecule has 0 fully saturated rings. The third-order valence-electron chi connectivity index (χ3n) is 3.10. The predicted octanol–water partition coefficient (Wildman–Crippen LogP) is 5.19. The van der Waals surface area contributed by atoms with Gasteiger partial charge in [0.05, 0.1) is 0 Å². The zero-order chi connectivity index (χ0) is 12.8. The fourth-order valence-corrected chi connectivity index (χ4v) is 2.82. The summed E-state index contributed by atoms with van der Waals surface area (Å²) in [6.07, 6.45) is 3.63. The highest BCUT2D eigenvalue weighted by Crippen LogP contribution is 2.31. The van der Waals surface area contributed by atoms with Gasteiger partial charge < -0.3 is 5.32 Å². The molecular weight excluding hydrogens is 298 g/mol. The minimum absolute atomic E-state index is 0.335. The second-order valence-corrected chi connectivity index (χ2v) is 5.96. The van der Waals surface area contributed by atoms with Gasteiger partial charge in [-0.3, -0.25) is 0 Å². The molecule has 0 aliphatic carbocycles. The monoisotopic (exact) mass is 317 g/mol. The van der Waals surface area contributed by atoms with Crippen molar-refractivity contribution < 1.29 is 0 Å². The van der Waals surface area contributed by atoms with Gasteiger partial charge >= 0.3 is 0 Å². The van der Waals surface area contributed by atoms with Gasteiger partial charge in [-0.05, 0) is 43.1 Å². The molecule has 0 amide bonds. The molecule has 0 radical (unpaired) electrons. The maximum Gasteiger partial charge on any atom is 0.0454 e. The minimum atomic E-state index is 0.335. The van der Waals surface area contributed by atoms with Crippen molar-refractivity contribution in [3.05, 3.63) is 33.3 Å². The van der Waals surface area contributed by atoms with E-state index >= 15 is 0 Å². The molecule has 1 N–H and O–H groups in total. The van der Waals surface area contributed by atoms with Crippen LogP contribution < -0.4 is 5.32 Å². The van der Waals surface area contributed by atoms with Crippen molar-refractivity contribution in [3.63, 3.8) is 0 Å². The molecule has 0 aliphatic rings. The fourth-order valence-electron chi connectivity index (χ4n) is 2.19. The summed E-state index contributed by atoms with van der Waals surface area (Å²) in [5.41, 5.74) is 1.19. The molecule has 1 nitrogen and oxygen atoms in total. The molecule has 0 spiro atoms. The van der Waals surface area contributed by atoms with Crippen molar-refractivity contribution in [2.24, 2.45) is 5.92 Å². The molecule has 0 heterocycles. The highest BCUT2D eigenvalue weighted by molar-refractivity contribution is 9.10. The van der Waals surface area contributed by atoms with Gasteiger partial charge in [-0.25, -0.2) is 0 Å². The number of halogens is 2. The fraction of sp³-hybridized carbons (Fsp3) is 0.571. The Morgan fingerprint density at radius 3 is 2.71 bits per heavy atom. The molecule has 1 aromatic carbocycles. The Hall–Kier alpha value is -0.0500. The number of benzene rings is 1. The quantitative estimate of drug-likeness (QED) is 0.761. The molecule has 0 saturated carbocycles. The first kappa shape index (κ1) is 15.0. The van der Waals surface area contributed by atoms with Crippen LogP contribution in [0.15, 0.2) is 22.7 Å². The van der Waals surface area contributed by atoms with E-state index in [1.807, 2.05) is 19.2 Å². The van der Waals surface area contributed by atoms with Crippen molar-refractivity contribution in [2.45, 2.75) is 39.2 Å². The van der Waals surface area contributed by atoms with Crippen LogP contribution >= 0.6 is 27.5 Å². The average molecular weight is 319 g/mol. The number of nitrogens with one attached hydrogen (secondary N) is 1. The van der Waals surface area contributed by atoms with Gasteiger partial charge in [-0.1, -0.05) is 54.2 Å². The van der Waals surface area contributed by atoms with Crippen LogP contribution in [0.1, 0.15) is 44.7 Å². The van der Waals surface area contributed by atoms with Crippen LogP contribution in [0.3, 0.4) is 0 Å². The second-order valence-electron chi connectivity index (χ2n) is 4.64. The Labute approximate surface area is 118 Å². The van der Waals surface area contributed by atoms with Gasteiger partial charge in [0, 0.05) is 15.5 Å². The first-order chi connectivity index (χ1) is 8.08. The van der Waals surface area contributed by atoms with E-state index in [0.29, 0.717) is 12.0 Å². The van der Waals surface area contributed by atoms with Crippen molar-refractivity contribution in [2.75, 3.05) is 7.05 Å². The van der Waals surface area contributed by atoms with Crippen molar-refractivity contribution in [3.8, 4) is 0 Å². The smallest absolute Gasteiger partial charge is 0.0454 e. The molecule has 2 atom stereocenters. The number of hydrogen-bond acceptors (Lipinski definition) is 1. The Morgan fingerprint density at radius 2 is 2.12 bits per heavy atom. The van der Waals surface area contributed by atoms with E-state index in [0.717, 1.165) is 15.9 Å².